The van der Waals surface area contributed by atoms with Crippen LogP contribution in [0.5, 0.6) is 11.5 Å². The van der Waals surface area contributed by atoms with Crippen molar-refractivity contribution in [1.29, 1.82) is 5.26 Å². The van der Waals surface area contributed by atoms with Crippen LogP contribution in [0.1, 0.15) is 32.7 Å². The maximum absolute atomic E-state index is 15.5. The number of halogens is 3. The van der Waals surface area contributed by atoms with Gasteiger partial charge in [-0.2, -0.15) is 14.8 Å². The lowest BCUT2D eigenvalue weighted by molar-refractivity contribution is -0.128. The van der Waals surface area contributed by atoms with Crippen LogP contribution in [0, 0.1) is 28.8 Å². The number of benzene rings is 2. The molecule has 1 fully saturated rings. The lowest BCUT2D eigenvalue weighted by atomic mass is 10.0. The highest BCUT2D eigenvalue weighted by molar-refractivity contribution is 5.99. The number of ether oxygens (including phenoxy) is 1. The molecule has 5 rings (SSSR count). The molecule has 1 aliphatic heterocycles. The minimum atomic E-state index is -1.19. The number of nitrogen functional groups attached to an aromatic ring is 1. The van der Waals surface area contributed by atoms with Crippen molar-refractivity contribution in [2.75, 3.05) is 18.8 Å². The number of likely N-dealkylation sites (tertiary alicyclic amines) is 1. The van der Waals surface area contributed by atoms with Gasteiger partial charge in [-0.1, -0.05) is 6.07 Å². The third kappa shape index (κ3) is 5.61. The van der Waals surface area contributed by atoms with Crippen molar-refractivity contribution in [1.82, 2.24) is 24.6 Å². The number of aromatic nitrogens is 4. The number of nitrogens with zero attached hydrogens (tertiary/aromatic N) is 6. The zero-order chi connectivity index (χ0) is 30.2. The van der Waals surface area contributed by atoms with E-state index in [1.54, 1.807) is 23.4 Å². The molecule has 3 heterocycles. The maximum Gasteiger partial charge on any atom is 0.264 e. The van der Waals surface area contributed by atoms with Crippen molar-refractivity contribution in [3.8, 4) is 28.8 Å². The predicted molar refractivity (Wildman–Crippen MR) is 148 cm³/mol. The number of nitriles is 1. The molecule has 13 heteroatoms. The quantitative estimate of drug-likeness (QED) is 0.249. The Hall–Kier alpha value is -4.96. The molecule has 1 aliphatic rings. The molecule has 0 saturated carbocycles. The number of rotatable bonds is 6. The first-order chi connectivity index (χ1) is 20.0. The SMILES string of the molecule is CC(C)(N)C=C(C#N)C(=O)N1CCCC(n2nc(-c3ccc(Oc4cccc(F)c4F)cc3F)c3c(N)ncnc32)C1. The Morgan fingerprint density at radius 3 is 2.69 bits per heavy atom. The van der Waals surface area contributed by atoms with Crippen molar-refractivity contribution in [2.45, 2.75) is 38.3 Å². The fourth-order valence-electron chi connectivity index (χ4n) is 4.90. The van der Waals surface area contributed by atoms with E-state index in [1.165, 1.54) is 36.7 Å². The molecule has 10 nitrogen and oxygen atoms in total. The van der Waals surface area contributed by atoms with Gasteiger partial charge in [-0.15, -0.1) is 0 Å². The molecule has 42 heavy (non-hydrogen) atoms. The van der Waals surface area contributed by atoms with Crippen LogP contribution in [-0.4, -0.2) is 49.2 Å². The van der Waals surface area contributed by atoms with E-state index in [4.69, 9.17) is 16.2 Å². The van der Waals surface area contributed by atoms with E-state index in [2.05, 4.69) is 15.1 Å². The second kappa shape index (κ2) is 11.1. The number of anilines is 1. The molecule has 0 bridgehead atoms. The van der Waals surface area contributed by atoms with Gasteiger partial charge in [-0.25, -0.2) is 23.4 Å². The summed E-state index contributed by atoms with van der Waals surface area (Å²) in [6.45, 7) is 4.04. The van der Waals surface area contributed by atoms with Crippen molar-refractivity contribution >= 4 is 22.8 Å². The van der Waals surface area contributed by atoms with E-state index in [9.17, 15) is 18.8 Å². The van der Waals surface area contributed by atoms with Crippen LogP contribution < -0.4 is 16.2 Å². The second-order valence-electron chi connectivity index (χ2n) is 10.6. The van der Waals surface area contributed by atoms with Crippen LogP contribution in [-0.2, 0) is 4.79 Å². The van der Waals surface area contributed by atoms with Crippen molar-refractivity contribution in [3.63, 3.8) is 0 Å². The van der Waals surface area contributed by atoms with Crippen LogP contribution in [0.15, 0.2) is 54.4 Å². The molecule has 4 aromatic rings. The zero-order valence-corrected chi connectivity index (χ0v) is 22.8. The smallest absolute Gasteiger partial charge is 0.264 e. The Balaban J connectivity index is 1.49. The summed E-state index contributed by atoms with van der Waals surface area (Å²) >= 11 is 0. The van der Waals surface area contributed by atoms with Crippen molar-refractivity contribution in [3.05, 3.63) is 71.8 Å². The Bertz CT molecular complexity index is 1760. The van der Waals surface area contributed by atoms with Crippen LogP contribution in [0.4, 0.5) is 19.0 Å². The predicted octanol–water partition coefficient (Wildman–Crippen LogP) is 4.64. The van der Waals surface area contributed by atoms with Gasteiger partial charge in [0.15, 0.2) is 17.2 Å². The number of nitrogens with two attached hydrogens (primary N) is 2. The lowest BCUT2D eigenvalue weighted by Gasteiger charge is -2.33. The van der Waals surface area contributed by atoms with Gasteiger partial charge >= 0.3 is 0 Å². The Kier molecular flexibility index (Phi) is 7.57. The van der Waals surface area contributed by atoms with Gasteiger partial charge in [-0.3, -0.25) is 4.79 Å². The molecular weight excluding hydrogens is 549 g/mol. The van der Waals surface area contributed by atoms with E-state index in [0.29, 0.717) is 30.4 Å². The van der Waals surface area contributed by atoms with E-state index in [0.717, 1.165) is 12.1 Å². The minimum Gasteiger partial charge on any atom is -0.454 e. The molecule has 2 aromatic carbocycles. The molecule has 2 aromatic heterocycles. The largest absolute Gasteiger partial charge is 0.454 e. The van der Waals surface area contributed by atoms with Gasteiger partial charge < -0.3 is 21.1 Å². The number of carbonyl (C=O) groups is 1. The summed E-state index contributed by atoms with van der Waals surface area (Å²) in [5, 5.41) is 14.6. The Morgan fingerprint density at radius 1 is 1.19 bits per heavy atom. The summed E-state index contributed by atoms with van der Waals surface area (Å²) in [5.74, 6) is -3.86. The topological polar surface area (TPSA) is 149 Å². The van der Waals surface area contributed by atoms with Crippen LogP contribution in [0.25, 0.3) is 22.3 Å². The summed E-state index contributed by atoms with van der Waals surface area (Å²) in [6.07, 6.45) is 3.96. The van der Waals surface area contributed by atoms with Crippen LogP contribution in [0.3, 0.4) is 0 Å². The first-order valence-electron chi connectivity index (χ1n) is 13.1. The van der Waals surface area contributed by atoms with E-state index < -0.39 is 34.6 Å². The molecule has 0 spiro atoms. The first kappa shape index (κ1) is 28.6. The van der Waals surface area contributed by atoms with Gasteiger partial charge in [-0.05, 0) is 57.0 Å². The van der Waals surface area contributed by atoms with Crippen molar-refractivity contribution in [2.24, 2.45) is 5.73 Å². The molecule has 1 amide bonds. The summed E-state index contributed by atoms with van der Waals surface area (Å²) in [4.78, 5) is 23.1. The van der Waals surface area contributed by atoms with Gasteiger partial charge in [0, 0.05) is 30.3 Å². The average molecular weight is 577 g/mol. The molecular formula is C29H27F3N8O2. The summed E-state index contributed by atoms with van der Waals surface area (Å²) < 4.78 is 50.1. The number of hydrogen-bond donors (Lipinski definition) is 2. The lowest BCUT2D eigenvalue weighted by Crippen LogP contribution is -2.42. The molecule has 0 aliphatic carbocycles. The van der Waals surface area contributed by atoms with Crippen LogP contribution >= 0.6 is 0 Å². The van der Waals surface area contributed by atoms with Gasteiger partial charge in [0.05, 0.1) is 11.4 Å². The van der Waals surface area contributed by atoms with Gasteiger partial charge in [0.1, 0.15) is 41.0 Å². The fourth-order valence-corrected chi connectivity index (χ4v) is 4.90. The number of fused-ring (bicyclic) bond motifs is 1. The van der Waals surface area contributed by atoms with Gasteiger partial charge in [0.2, 0.25) is 5.82 Å². The average Bonchev–Trinajstić information content (AvgIpc) is 3.34. The molecule has 0 radical (unpaired) electrons. The normalized spacial score (nSPS) is 16.0. The Morgan fingerprint density at radius 2 is 1.98 bits per heavy atom. The molecule has 4 N–H and O–H groups in total. The molecule has 1 unspecified atom stereocenters. The highest BCUT2D eigenvalue weighted by Crippen LogP contribution is 2.37. The maximum atomic E-state index is 15.5. The monoisotopic (exact) mass is 576 g/mol. The van der Waals surface area contributed by atoms with Gasteiger partial charge in [0.25, 0.3) is 5.91 Å². The highest BCUT2D eigenvalue weighted by Gasteiger charge is 2.31. The van der Waals surface area contributed by atoms with Crippen molar-refractivity contribution < 1.29 is 22.7 Å². The van der Waals surface area contributed by atoms with Crippen LogP contribution in [0.2, 0.25) is 0 Å². The number of carbonyl (C=O) groups excluding carboxylic acids is 1. The van der Waals surface area contributed by atoms with E-state index in [1.807, 2.05) is 6.07 Å². The van der Waals surface area contributed by atoms with E-state index in [-0.39, 0.29) is 41.0 Å². The third-order valence-corrected chi connectivity index (χ3v) is 6.75. The number of piperidine rings is 1. The zero-order valence-electron chi connectivity index (χ0n) is 22.8. The standard InChI is InChI=1S/C29H27F3N8O2/c1-29(2,35)12-16(13-33)28(41)39-10-4-5-17(14-39)40-27-23(26(34)36-15-37-27)25(38-40)19-9-8-18(11-21(19)31)42-22-7-3-6-20(30)24(22)32/h3,6-9,11-12,15,17H,4-5,10,14,35H2,1-2H3,(H2,34,36,37). The Labute approximate surface area is 239 Å². The van der Waals surface area contributed by atoms with E-state index >= 15 is 4.39 Å². The fraction of sp³-hybridized carbons (Fsp3) is 0.276. The summed E-state index contributed by atoms with van der Waals surface area (Å²) in [7, 11) is 0. The molecule has 216 valence electrons. The second-order valence-corrected chi connectivity index (χ2v) is 10.6. The molecule has 1 atom stereocenters. The minimum absolute atomic E-state index is 0.0518. The number of amides is 1. The highest BCUT2D eigenvalue weighted by atomic mass is 19.2. The first-order valence-corrected chi connectivity index (χ1v) is 13.1. The molecule has 1 saturated heterocycles. The summed E-state index contributed by atoms with van der Waals surface area (Å²) in [6, 6.07) is 8.83. The summed E-state index contributed by atoms with van der Waals surface area (Å²) in [5.41, 5.74) is 11.8. The third-order valence-electron chi connectivity index (χ3n) is 6.75. The number of hydrogen-bond acceptors (Lipinski definition) is 8.